The highest BCUT2D eigenvalue weighted by Gasteiger charge is 2.56. The van der Waals surface area contributed by atoms with Crippen LogP contribution in [0.3, 0.4) is 0 Å². The van der Waals surface area contributed by atoms with Crippen LogP contribution in [0, 0.1) is 11.8 Å². The van der Waals surface area contributed by atoms with E-state index in [9.17, 15) is 0 Å². The smallest absolute Gasteiger partial charge is 0.0570 e. The third kappa shape index (κ3) is 2.88. The Kier molecular flexibility index (Phi) is 4.88. The number of benzene rings is 3. The second-order valence-electron chi connectivity index (χ2n) is 11.1. The molecule has 3 aromatic rings. The van der Waals surface area contributed by atoms with Gasteiger partial charge in [0.25, 0.3) is 0 Å². The molecule has 3 aromatic carbocycles. The number of anilines is 2. The fourth-order valence-corrected chi connectivity index (χ4v) is 7.74. The van der Waals surface area contributed by atoms with Gasteiger partial charge >= 0.3 is 0 Å². The van der Waals surface area contributed by atoms with Crippen molar-refractivity contribution in [2.75, 3.05) is 4.90 Å². The van der Waals surface area contributed by atoms with E-state index in [1.165, 1.54) is 58.6 Å². The van der Waals surface area contributed by atoms with E-state index in [0.29, 0.717) is 11.8 Å². The van der Waals surface area contributed by atoms with E-state index in [4.69, 9.17) is 0 Å². The SMILES string of the molecule is C1=CC=C(N2c3ccccc3C3(c4ccccc4C(=C4CCC4)C4C=CC=CC43)c3ccccc32)CC=C1. The second-order valence-corrected chi connectivity index (χ2v) is 11.1. The molecular weight excluding hydrogens is 458 g/mol. The summed E-state index contributed by atoms with van der Waals surface area (Å²) in [6, 6.07) is 27.7. The average molecular weight is 490 g/mol. The monoisotopic (exact) mass is 489 g/mol. The van der Waals surface area contributed by atoms with Gasteiger partial charge in [0.1, 0.15) is 0 Å². The summed E-state index contributed by atoms with van der Waals surface area (Å²) in [6.45, 7) is 0. The van der Waals surface area contributed by atoms with Gasteiger partial charge in [0, 0.05) is 24.0 Å². The first kappa shape index (κ1) is 21.9. The standard InChI is InChI=1S/C37H31N/c1-2-4-17-27(16-3-1)38-34-24-11-9-22-32(34)37(33-23-10-12-25-35(33)38)30-20-7-5-18-28(30)36(26-14-13-15-26)29-19-6-8-21-31(29)37/h1-12,16,18-25,28,30H,13-15,17H2. The largest absolute Gasteiger partial charge is 0.313 e. The van der Waals surface area contributed by atoms with Gasteiger partial charge in [-0.3, -0.25) is 0 Å². The lowest BCUT2D eigenvalue weighted by atomic mass is 9.50. The molecule has 1 spiro atoms. The molecule has 1 fully saturated rings. The molecule has 1 heteroatoms. The predicted molar refractivity (Wildman–Crippen MR) is 158 cm³/mol. The zero-order valence-corrected chi connectivity index (χ0v) is 21.6. The summed E-state index contributed by atoms with van der Waals surface area (Å²) in [5, 5.41) is 0. The van der Waals surface area contributed by atoms with Crippen LogP contribution >= 0.6 is 0 Å². The molecule has 1 nitrogen and oxygen atoms in total. The molecule has 1 heterocycles. The maximum atomic E-state index is 2.52. The summed E-state index contributed by atoms with van der Waals surface area (Å²) in [5.41, 5.74) is 12.7. The van der Waals surface area contributed by atoms with Crippen molar-refractivity contribution in [1.82, 2.24) is 0 Å². The van der Waals surface area contributed by atoms with Crippen molar-refractivity contribution in [2.45, 2.75) is 31.1 Å². The maximum Gasteiger partial charge on any atom is 0.0570 e. The van der Waals surface area contributed by atoms with E-state index in [2.05, 4.69) is 132 Å². The van der Waals surface area contributed by atoms with E-state index < -0.39 is 0 Å². The molecule has 5 aliphatic rings. The van der Waals surface area contributed by atoms with Crippen molar-refractivity contribution in [3.8, 4) is 0 Å². The minimum Gasteiger partial charge on any atom is -0.313 e. The van der Waals surface area contributed by atoms with Crippen LogP contribution in [0.15, 0.2) is 139 Å². The molecule has 0 N–H and O–H groups in total. The second kappa shape index (κ2) is 8.46. The number of para-hydroxylation sites is 2. The molecule has 0 bridgehead atoms. The Labute approximate surface area is 225 Å². The molecule has 2 unspecified atom stereocenters. The van der Waals surface area contributed by atoms with Crippen LogP contribution in [0.5, 0.6) is 0 Å². The topological polar surface area (TPSA) is 3.24 Å². The molecule has 1 saturated carbocycles. The van der Waals surface area contributed by atoms with Crippen LogP contribution in [0.4, 0.5) is 11.4 Å². The Hall–Kier alpha value is -4.10. The Balaban J connectivity index is 1.49. The van der Waals surface area contributed by atoms with Crippen LogP contribution in [0.1, 0.15) is 47.9 Å². The third-order valence-corrected chi connectivity index (χ3v) is 9.35. The lowest BCUT2D eigenvalue weighted by Gasteiger charge is -2.55. The molecule has 38 heavy (non-hydrogen) atoms. The number of nitrogens with zero attached hydrogens (tertiary/aromatic N) is 1. The van der Waals surface area contributed by atoms with E-state index in [1.807, 2.05) is 0 Å². The van der Waals surface area contributed by atoms with Crippen molar-refractivity contribution in [1.29, 1.82) is 0 Å². The fourth-order valence-electron chi connectivity index (χ4n) is 7.74. The number of hydrogen-bond acceptors (Lipinski definition) is 1. The Morgan fingerprint density at radius 2 is 1.34 bits per heavy atom. The molecule has 0 saturated heterocycles. The molecule has 0 amide bonds. The number of allylic oxidation sites excluding steroid dienone is 11. The summed E-state index contributed by atoms with van der Waals surface area (Å²) >= 11 is 0. The third-order valence-electron chi connectivity index (χ3n) is 9.35. The summed E-state index contributed by atoms with van der Waals surface area (Å²) < 4.78 is 0. The highest BCUT2D eigenvalue weighted by Crippen LogP contribution is 2.64. The van der Waals surface area contributed by atoms with Crippen molar-refractivity contribution in [2.24, 2.45) is 11.8 Å². The summed E-state index contributed by atoms with van der Waals surface area (Å²) in [5.74, 6) is 0.693. The predicted octanol–water partition coefficient (Wildman–Crippen LogP) is 9.18. The number of hydrogen-bond donors (Lipinski definition) is 0. The van der Waals surface area contributed by atoms with Crippen LogP contribution in [0.25, 0.3) is 5.57 Å². The molecule has 0 aromatic heterocycles. The molecular formula is C37H31N. The number of fused-ring (bicyclic) bond motifs is 8. The van der Waals surface area contributed by atoms with E-state index in [1.54, 1.807) is 11.1 Å². The van der Waals surface area contributed by atoms with Gasteiger partial charge in [0.15, 0.2) is 0 Å². The summed E-state index contributed by atoms with van der Waals surface area (Å²) in [4.78, 5) is 2.52. The Bertz CT molecular complexity index is 1580. The van der Waals surface area contributed by atoms with Gasteiger partial charge in [0.2, 0.25) is 0 Å². The summed E-state index contributed by atoms with van der Waals surface area (Å²) in [6.07, 6.45) is 25.3. The van der Waals surface area contributed by atoms with Gasteiger partial charge in [-0.2, -0.15) is 0 Å². The first-order chi connectivity index (χ1) is 18.9. The minimum absolute atomic E-state index is 0.267. The lowest BCUT2D eigenvalue weighted by Crippen LogP contribution is -2.48. The highest BCUT2D eigenvalue weighted by molar-refractivity contribution is 5.89. The number of rotatable bonds is 1. The Morgan fingerprint density at radius 1 is 0.658 bits per heavy atom. The molecule has 8 rings (SSSR count). The zero-order chi connectivity index (χ0) is 25.1. The van der Waals surface area contributed by atoms with Gasteiger partial charge < -0.3 is 4.90 Å². The van der Waals surface area contributed by atoms with Crippen LogP contribution in [-0.2, 0) is 5.41 Å². The summed E-state index contributed by atoms with van der Waals surface area (Å²) in [7, 11) is 0. The van der Waals surface area contributed by atoms with Gasteiger partial charge in [-0.15, -0.1) is 0 Å². The fraction of sp³-hybridized carbons (Fsp3) is 0.189. The van der Waals surface area contributed by atoms with E-state index in [0.717, 1.165) is 6.42 Å². The average Bonchev–Trinajstić information content (AvgIpc) is 3.23. The molecule has 1 aliphatic heterocycles. The van der Waals surface area contributed by atoms with Crippen molar-refractivity contribution >= 4 is 16.9 Å². The molecule has 2 atom stereocenters. The van der Waals surface area contributed by atoms with E-state index in [-0.39, 0.29) is 5.41 Å². The van der Waals surface area contributed by atoms with Crippen LogP contribution < -0.4 is 4.90 Å². The van der Waals surface area contributed by atoms with E-state index >= 15 is 0 Å². The quantitative estimate of drug-likeness (QED) is 0.329. The van der Waals surface area contributed by atoms with Gasteiger partial charge in [-0.25, -0.2) is 0 Å². The molecule has 184 valence electrons. The molecule has 4 aliphatic carbocycles. The molecule has 0 radical (unpaired) electrons. The maximum absolute atomic E-state index is 2.52. The van der Waals surface area contributed by atoms with Gasteiger partial charge in [-0.05, 0) is 65.3 Å². The highest BCUT2D eigenvalue weighted by atomic mass is 15.2. The van der Waals surface area contributed by atoms with Gasteiger partial charge in [0.05, 0.1) is 16.8 Å². The zero-order valence-electron chi connectivity index (χ0n) is 21.6. The first-order valence-electron chi connectivity index (χ1n) is 14.1. The van der Waals surface area contributed by atoms with Crippen molar-refractivity contribution in [3.05, 3.63) is 161 Å². The lowest BCUT2D eigenvalue weighted by molar-refractivity contribution is 0.379. The Morgan fingerprint density at radius 3 is 2.08 bits per heavy atom. The van der Waals surface area contributed by atoms with Crippen molar-refractivity contribution in [3.63, 3.8) is 0 Å². The van der Waals surface area contributed by atoms with Gasteiger partial charge in [-0.1, -0.05) is 115 Å². The van der Waals surface area contributed by atoms with Crippen molar-refractivity contribution < 1.29 is 0 Å². The van der Waals surface area contributed by atoms with Crippen LogP contribution in [0.2, 0.25) is 0 Å². The minimum atomic E-state index is -0.267. The van der Waals surface area contributed by atoms with Crippen LogP contribution in [-0.4, -0.2) is 0 Å². The normalized spacial score (nSPS) is 23.7. The first-order valence-corrected chi connectivity index (χ1v) is 14.1.